The van der Waals surface area contributed by atoms with Crippen molar-refractivity contribution in [2.45, 2.75) is 0 Å². The summed E-state index contributed by atoms with van der Waals surface area (Å²) in [6.07, 6.45) is 0. The third-order valence-corrected chi connectivity index (χ3v) is 1.45. The fourth-order valence-corrected chi connectivity index (χ4v) is 0.886. The molecule has 0 unspecified atom stereocenters. The van der Waals surface area contributed by atoms with Crippen molar-refractivity contribution in [3.05, 3.63) is 29.3 Å². The minimum Gasteiger partial charge on any atom is -0.323 e. The number of halogens is 1. The Morgan fingerprint density at radius 3 is 2.38 bits per heavy atom. The number of rotatable bonds is 1. The molecule has 0 spiro atoms. The summed E-state index contributed by atoms with van der Waals surface area (Å²) in [4.78, 5) is 0. The van der Waals surface area contributed by atoms with Crippen molar-refractivity contribution >= 4 is 18.1 Å². The Labute approximate surface area is 82.0 Å². The van der Waals surface area contributed by atoms with Crippen LogP contribution in [-0.2, 0) is 0 Å². The van der Waals surface area contributed by atoms with Gasteiger partial charge in [0.2, 0.25) is 0 Å². The maximum absolute atomic E-state index is 8.66. The molecule has 0 aliphatic heterocycles. The molecule has 0 aliphatic carbocycles. The zero-order chi connectivity index (χ0) is 8.97. The molecular formula is C8H7ClN4. The highest BCUT2D eigenvalue weighted by atomic mass is 35.5. The first-order valence-corrected chi connectivity index (χ1v) is 3.23. The minimum absolute atomic E-state index is 0. The lowest BCUT2D eigenvalue weighted by Crippen LogP contribution is -2.08. The number of nitrogens with one attached hydrogen (secondary N) is 1. The first-order valence-electron chi connectivity index (χ1n) is 3.23. The molecule has 0 aliphatic rings. The van der Waals surface area contributed by atoms with E-state index in [-0.39, 0.29) is 18.0 Å². The predicted octanol–water partition coefficient (Wildman–Crippen LogP) is 1.14. The van der Waals surface area contributed by atoms with Gasteiger partial charge in [0, 0.05) is 0 Å². The molecule has 3 N–H and O–H groups in total. The van der Waals surface area contributed by atoms with E-state index in [9.17, 15) is 0 Å². The van der Waals surface area contributed by atoms with Gasteiger partial charge in [-0.3, -0.25) is 5.84 Å². The van der Waals surface area contributed by atoms with E-state index < -0.39 is 0 Å². The van der Waals surface area contributed by atoms with Crippen LogP contribution in [0.1, 0.15) is 11.1 Å². The van der Waals surface area contributed by atoms with Gasteiger partial charge < -0.3 is 5.43 Å². The second-order valence-corrected chi connectivity index (χ2v) is 2.10. The standard InChI is InChI=1S/C8H6N4.ClH/c9-4-6-2-1-3-8(12-11)7(6)5-10;/h1-3,12H,11H2;1H. The molecule has 0 bridgehead atoms. The monoisotopic (exact) mass is 194 g/mol. The Bertz CT molecular complexity index is 375. The molecule has 1 aromatic rings. The average molecular weight is 195 g/mol. The van der Waals surface area contributed by atoms with Crippen LogP contribution in [0, 0.1) is 22.7 Å². The summed E-state index contributed by atoms with van der Waals surface area (Å²) in [6, 6.07) is 8.67. The number of nitriles is 2. The van der Waals surface area contributed by atoms with Crippen LogP contribution >= 0.6 is 12.4 Å². The quantitative estimate of drug-likeness (QED) is 0.519. The van der Waals surface area contributed by atoms with Crippen molar-refractivity contribution in [2.24, 2.45) is 5.84 Å². The second kappa shape index (κ2) is 5.00. The second-order valence-electron chi connectivity index (χ2n) is 2.10. The van der Waals surface area contributed by atoms with Gasteiger partial charge in [0.1, 0.15) is 12.1 Å². The summed E-state index contributed by atoms with van der Waals surface area (Å²) in [7, 11) is 0. The summed E-state index contributed by atoms with van der Waals surface area (Å²) in [5.74, 6) is 5.14. The van der Waals surface area contributed by atoms with E-state index >= 15 is 0 Å². The van der Waals surface area contributed by atoms with E-state index in [1.54, 1.807) is 18.2 Å². The Morgan fingerprint density at radius 2 is 1.92 bits per heavy atom. The van der Waals surface area contributed by atoms with Crippen molar-refractivity contribution < 1.29 is 0 Å². The molecule has 0 heterocycles. The summed E-state index contributed by atoms with van der Waals surface area (Å²) in [6.45, 7) is 0. The van der Waals surface area contributed by atoms with Crippen LogP contribution in [-0.4, -0.2) is 0 Å². The zero-order valence-electron chi connectivity index (χ0n) is 6.61. The van der Waals surface area contributed by atoms with E-state index in [0.717, 1.165) is 0 Å². The number of nitrogens with two attached hydrogens (primary N) is 1. The highest BCUT2D eigenvalue weighted by Crippen LogP contribution is 2.16. The molecular weight excluding hydrogens is 188 g/mol. The predicted molar refractivity (Wildman–Crippen MR) is 50.9 cm³/mol. The molecule has 0 fully saturated rings. The topological polar surface area (TPSA) is 85.6 Å². The average Bonchev–Trinajstić information content (AvgIpc) is 2.16. The van der Waals surface area contributed by atoms with Crippen LogP contribution in [0.5, 0.6) is 0 Å². The van der Waals surface area contributed by atoms with E-state index in [4.69, 9.17) is 16.4 Å². The number of hydrogen-bond acceptors (Lipinski definition) is 4. The Morgan fingerprint density at radius 1 is 1.23 bits per heavy atom. The van der Waals surface area contributed by atoms with Crippen LogP contribution in [0.4, 0.5) is 5.69 Å². The maximum atomic E-state index is 8.66. The molecule has 13 heavy (non-hydrogen) atoms. The molecule has 1 rings (SSSR count). The van der Waals surface area contributed by atoms with Crippen molar-refractivity contribution in [2.75, 3.05) is 5.43 Å². The van der Waals surface area contributed by atoms with Crippen LogP contribution in [0.2, 0.25) is 0 Å². The van der Waals surface area contributed by atoms with Crippen molar-refractivity contribution in [1.29, 1.82) is 10.5 Å². The van der Waals surface area contributed by atoms with Crippen molar-refractivity contribution in [3.63, 3.8) is 0 Å². The number of benzene rings is 1. The van der Waals surface area contributed by atoms with E-state index in [2.05, 4.69) is 5.43 Å². The Kier molecular flexibility index (Phi) is 4.32. The zero-order valence-corrected chi connectivity index (χ0v) is 7.43. The summed E-state index contributed by atoms with van der Waals surface area (Å²) < 4.78 is 0. The van der Waals surface area contributed by atoms with Gasteiger partial charge in [-0.2, -0.15) is 10.5 Å². The van der Waals surface area contributed by atoms with Crippen LogP contribution in [0.25, 0.3) is 0 Å². The summed E-state index contributed by atoms with van der Waals surface area (Å²) in [5.41, 5.74) is 3.42. The Hall–Kier alpha value is -1.75. The number of anilines is 1. The molecule has 4 nitrogen and oxygen atoms in total. The smallest absolute Gasteiger partial charge is 0.103 e. The normalized spacial score (nSPS) is 7.62. The first kappa shape index (κ1) is 11.2. The highest BCUT2D eigenvalue weighted by Gasteiger charge is 2.04. The number of nitrogens with zero attached hydrogens (tertiary/aromatic N) is 2. The lowest BCUT2D eigenvalue weighted by molar-refractivity contribution is 1.32. The first-order chi connectivity index (χ1) is 5.83. The van der Waals surface area contributed by atoms with Gasteiger partial charge >= 0.3 is 0 Å². The van der Waals surface area contributed by atoms with Crippen LogP contribution in [0.3, 0.4) is 0 Å². The lowest BCUT2D eigenvalue weighted by atomic mass is 10.1. The van der Waals surface area contributed by atoms with Gasteiger partial charge in [0.05, 0.1) is 16.8 Å². The highest BCUT2D eigenvalue weighted by molar-refractivity contribution is 5.85. The molecule has 0 atom stereocenters. The fourth-order valence-electron chi connectivity index (χ4n) is 0.886. The van der Waals surface area contributed by atoms with Gasteiger partial charge in [-0.25, -0.2) is 0 Å². The molecule has 0 aromatic heterocycles. The van der Waals surface area contributed by atoms with Crippen molar-refractivity contribution in [3.8, 4) is 12.1 Å². The largest absolute Gasteiger partial charge is 0.323 e. The lowest BCUT2D eigenvalue weighted by Gasteiger charge is -2.02. The fraction of sp³-hybridized carbons (Fsp3) is 0. The Balaban J connectivity index is 0.00000144. The van der Waals surface area contributed by atoms with E-state index in [1.165, 1.54) is 0 Å². The summed E-state index contributed by atoms with van der Waals surface area (Å²) in [5, 5.41) is 17.3. The van der Waals surface area contributed by atoms with E-state index in [1.807, 2.05) is 12.1 Å². The summed E-state index contributed by atoms with van der Waals surface area (Å²) >= 11 is 0. The van der Waals surface area contributed by atoms with Gasteiger partial charge in [0.25, 0.3) is 0 Å². The molecule has 0 saturated carbocycles. The van der Waals surface area contributed by atoms with Gasteiger partial charge in [-0.15, -0.1) is 12.4 Å². The third kappa shape index (κ3) is 2.09. The minimum atomic E-state index is 0. The van der Waals surface area contributed by atoms with Crippen LogP contribution < -0.4 is 11.3 Å². The number of hydrogen-bond donors (Lipinski definition) is 2. The molecule has 0 saturated heterocycles. The maximum Gasteiger partial charge on any atom is 0.103 e. The van der Waals surface area contributed by atoms with E-state index in [0.29, 0.717) is 11.3 Å². The van der Waals surface area contributed by atoms with Crippen molar-refractivity contribution in [1.82, 2.24) is 0 Å². The number of nitrogen functional groups attached to an aromatic ring is 1. The SMILES string of the molecule is Cl.N#Cc1cccc(NN)c1C#N. The molecule has 0 radical (unpaired) electrons. The molecule has 0 amide bonds. The van der Waals surface area contributed by atoms with Gasteiger partial charge in [0.15, 0.2) is 0 Å². The molecule has 5 heteroatoms. The molecule has 1 aromatic carbocycles. The van der Waals surface area contributed by atoms with Gasteiger partial charge in [-0.05, 0) is 12.1 Å². The molecule has 66 valence electrons. The van der Waals surface area contributed by atoms with Crippen LogP contribution in [0.15, 0.2) is 18.2 Å². The third-order valence-electron chi connectivity index (χ3n) is 1.45. The number of hydrazine groups is 1. The van der Waals surface area contributed by atoms with Gasteiger partial charge in [-0.1, -0.05) is 6.07 Å².